The number of benzene rings is 1. The van der Waals surface area contributed by atoms with Gasteiger partial charge in [0.2, 0.25) is 0 Å². The molecule has 0 bridgehead atoms. The van der Waals surface area contributed by atoms with E-state index in [0.29, 0.717) is 0 Å². The first kappa shape index (κ1) is 14.3. The van der Waals surface area contributed by atoms with Crippen molar-refractivity contribution in [3.8, 4) is 0 Å². The Morgan fingerprint density at radius 1 is 1.30 bits per heavy atom. The Hall–Kier alpha value is -2.14. The van der Waals surface area contributed by atoms with Crippen molar-refractivity contribution in [1.29, 1.82) is 0 Å². The van der Waals surface area contributed by atoms with E-state index in [1.54, 1.807) is 18.4 Å². The zero-order valence-corrected chi connectivity index (χ0v) is 11.4. The molecule has 1 aromatic carbocycles. The lowest BCUT2D eigenvalue weighted by Crippen LogP contribution is -2.23. The predicted octanol–water partition coefficient (Wildman–Crippen LogP) is 3.47. The van der Waals surface area contributed by atoms with Crippen LogP contribution in [0.1, 0.15) is 30.7 Å². The van der Waals surface area contributed by atoms with Gasteiger partial charge < -0.3 is 9.73 Å². The Morgan fingerprint density at radius 2 is 2.05 bits per heavy atom. The number of hydrogen-bond acceptors (Lipinski definition) is 4. The Morgan fingerprint density at radius 3 is 2.60 bits per heavy atom. The molecule has 0 aliphatic carbocycles. The number of furan rings is 1. The minimum Gasteiger partial charge on any atom is -0.468 e. The monoisotopic (exact) mass is 274 g/mol. The average molecular weight is 274 g/mol. The third-order valence-corrected chi connectivity index (χ3v) is 3.11. The third-order valence-electron chi connectivity index (χ3n) is 3.11. The molecule has 2 rings (SSSR count). The van der Waals surface area contributed by atoms with E-state index in [2.05, 4.69) is 12.2 Å². The van der Waals surface area contributed by atoms with Gasteiger partial charge in [-0.15, -0.1) is 0 Å². The highest BCUT2D eigenvalue weighted by Crippen LogP contribution is 2.20. The fourth-order valence-corrected chi connectivity index (χ4v) is 2.07. The summed E-state index contributed by atoms with van der Waals surface area (Å²) in [6.45, 7) is 3.01. The van der Waals surface area contributed by atoms with Crippen molar-refractivity contribution in [2.75, 3.05) is 6.54 Å². The molecule has 1 unspecified atom stereocenters. The number of non-ortho nitro benzene ring substituents is 1. The smallest absolute Gasteiger partial charge is 0.269 e. The average Bonchev–Trinajstić information content (AvgIpc) is 2.98. The van der Waals surface area contributed by atoms with Crippen LogP contribution in [0, 0.1) is 10.1 Å². The van der Waals surface area contributed by atoms with Crippen LogP contribution in [0.4, 0.5) is 5.69 Å². The van der Waals surface area contributed by atoms with Crippen molar-refractivity contribution in [3.05, 3.63) is 64.1 Å². The molecule has 5 nitrogen and oxygen atoms in total. The van der Waals surface area contributed by atoms with Crippen LogP contribution >= 0.6 is 0 Å². The number of nitrogens with zero attached hydrogens (tertiary/aromatic N) is 1. The second-order valence-electron chi connectivity index (χ2n) is 4.65. The fraction of sp³-hybridized carbons (Fsp3) is 0.333. The van der Waals surface area contributed by atoms with Crippen LogP contribution in [0.15, 0.2) is 47.1 Å². The molecule has 0 radical (unpaired) electrons. The molecule has 1 aromatic heterocycles. The molecule has 0 spiro atoms. The second-order valence-corrected chi connectivity index (χ2v) is 4.65. The molecule has 0 aliphatic heterocycles. The van der Waals surface area contributed by atoms with E-state index in [4.69, 9.17) is 4.42 Å². The lowest BCUT2D eigenvalue weighted by molar-refractivity contribution is -0.384. The van der Waals surface area contributed by atoms with Gasteiger partial charge in [-0.25, -0.2) is 0 Å². The molecule has 5 heteroatoms. The standard InChI is InChI=1S/C15H18N2O3/c1-2-9-16-14(15-4-3-10-20-15)11-12-5-7-13(8-6-12)17(18)19/h3-8,10,14,16H,2,9,11H2,1H3. The summed E-state index contributed by atoms with van der Waals surface area (Å²) >= 11 is 0. The van der Waals surface area contributed by atoms with Crippen molar-refractivity contribution in [3.63, 3.8) is 0 Å². The van der Waals surface area contributed by atoms with Gasteiger partial charge >= 0.3 is 0 Å². The van der Waals surface area contributed by atoms with Crippen LogP contribution in [0.25, 0.3) is 0 Å². The van der Waals surface area contributed by atoms with Crippen molar-refractivity contribution >= 4 is 5.69 Å². The molecule has 0 fully saturated rings. The Kier molecular flexibility index (Phi) is 4.90. The van der Waals surface area contributed by atoms with Crippen molar-refractivity contribution < 1.29 is 9.34 Å². The molecule has 0 amide bonds. The minimum atomic E-state index is -0.386. The first-order valence-corrected chi connectivity index (χ1v) is 6.71. The van der Waals surface area contributed by atoms with E-state index in [9.17, 15) is 10.1 Å². The summed E-state index contributed by atoms with van der Waals surface area (Å²) < 4.78 is 5.46. The minimum absolute atomic E-state index is 0.0893. The molecule has 0 saturated heterocycles. The Balaban J connectivity index is 2.09. The molecule has 0 aliphatic rings. The molecule has 106 valence electrons. The number of nitro groups is 1. The number of rotatable bonds is 7. The van der Waals surface area contributed by atoms with Gasteiger partial charge in [0.1, 0.15) is 5.76 Å². The van der Waals surface area contributed by atoms with Gasteiger partial charge in [-0.05, 0) is 37.1 Å². The third kappa shape index (κ3) is 3.68. The highest BCUT2D eigenvalue weighted by atomic mass is 16.6. The van der Waals surface area contributed by atoms with Crippen molar-refractivity contribution in [2.24, 2.45) is 0 Å². The normalized spacial score (nSPS) is 12.2. The molecule has 20 heavy (non-hydrogen) atoms. The van der Waals surface area contributed by atoms with Gasteiger partial charge in [-0.3, -0.25) is 10.1 Å². The van der Waals surface area contributed by atoms with Crippen LogP contribution in [0.3, 0.4) is 0 Å². The first-order chi connectivity index (χ1) is 9.70. The quantitative estimate of drug-likeness (QED) is 0.620. The van der Waals surface area contributed by atoms with Gasteiger partial charge in [-0.1, -0.05) is 19.1 Å². The first-order valence-electron chi connectivity index (χ1n) is 6.71. The fourth-order valence-electron chi connectivity index (χ4n) is 2.07. The highest BCUT2D eigenvalue weighted by Gasteiger charge is 2.14. The van der Waals surface area contributed by atoms with Gasteiger partial charge in [0.15, 0.2) is 0 Å². The summed E-state index contributed by atoms with van der Waals surface area (Å²) in [5, 5.41) is 14.1. The van der Waals surface area contributed by atoms with Crippen molar-refractivity contribution in [1.82, 2.24) is 5.32 Å². The maximum atomic E-state index is 10.6. The lowest BCUT2D eigenvalue weighted by Gasteiger charge is -2.16. The summed E-state index contributed by atoms with van der Waals surface area (Å²) in [4.78, 5) is 10.3. The number of hydrogen-bond donors (Lipinski definition) is 1. The topological polar surface area (TPSA) is 68.3 Å². The van der Waals surface area contributed by atoms with Gasteiger partial charge in [0, 0.05) is 12.1 Å². The predicted molar refractivity (Wildman–Crippen MR) is 76.5 cm³/mol. The lowest BCUT2D eigenvalue weighted by atomic mass is 10.0. The van der Waals surface area contributed by atoms with Gasteiger partial charge in [-0.2, -0.15) is 0 Å². The summed E-state index contributed by atoms with van der Waals surface area (Å²) in [6, 6.07) is 10.6. The van der Waals surface area contributed by atoms with Crippen LogP contribution < -0.4 is 5.32 Å². The summed E-state index contributed by atoms with van der Waals surface area (Å²) in [5.41, 5.74) is 1.16. The number of nitrogens with one attached hydrogen (secondary N) is 1. The Labute approximate surface area is 117 Å². The molecule has 1 heterocycles. The van der Waals surface area contributed by atoms with E-state index < -0.39 is 0 Å². The van der Waals surface area contributed by atoms with E-state index in [0.717, 1.165) is 30.7 Å². The maximum absolute atomic E-state index is 10.6. The van der Waals surface area contributed by atoms with Crippen LogP contribution in [-0.2, 0) is 6.42 Å². The van der Waals surface area contributed by atoms with Crippen molar-refractivity contribution in [2.45, 2.75) is 25.8 Å². The molecule has 1 atom stereocenters. The largest absolute Gasteiger partial charge is 0.468 e. The maximum Gasteiger partial charge on any atom is 0.269 e. The SMILES string of the molecule is CCCNC(Cc1ccc([N+](=O)[O-])cc1)c1ccco1. The van der Waals surface area contributed by atoms with Crippen LogP contribution in [-0.4, -0.2) is 11.5 Å². The number of nitro benzene ring substituents is 1. The zero-order chi connectivity index (χ0) is 14.4. The molecule has 2 aromatic rings. The van der Waals surface area contributed by atoms with Gasteiger partial charge in [0.25, 0.3) is 5.69 Å². The highest BCUT2D eigenvalue weighted by molar-refractivity contribution is 5.33. The van der Waals surface area contributed by atoms with E-state index in [1.807, 2.05) is 12.1 Å². The van der Waals surface area contributed by atoms with E-state index >= 15 is 0 Å². The second kappa shape index (κ2) is 6.86. The summed E-state index contributed by atoms with van der Waals surface area (Å²) in [5.74, 6) is 0.886. The molecule has 0 saturated carbocycles. The molecular formula is C15H18N2O3. The van der Waals surface area contributed by atoms with Crippen LogP contribution in [0.2, 0.25) is 0 Å². The van der Waals surface area contributed by atoms with Gasteiger partial charge in [0.05, 0.1) is 17.2 Å². The van der Waals surface area contributed by atoms with Crippen LogP contribution in [0.5, 0.6) is 0 Å². The summed E-state index contributed by atoms with van der Waals surface area (Å²) in [7, 11) is 0. The molecular weight excluding hydrogens is 256 g/mol. The molecule has 1 N–H and O–H groups in total. The zero-order valence-electron chi connectivity index (χ0n) is 11.4. The Bertz CT molecular complexity index is 535. The van der Waals surface area contributed by atoms with E-state index in [-0.39, 0.29) is 16.7 Å². The summed E-state index contributed by atoms with van der Waals surface area (Å²) in [6.07, 6.45) is 3.44. The van der Waals surface area contributed by atoms with E-state index in [1.165, 1.54) is 12.1 Å².